The van der Waals surface area contributed by atoms with E-state index < -0.39 is 0 Å². The minimum absolute atomic E-state index is 0.780. The van der Waals surface area contributed by atoms with Crippen LogP contribution in [0.4, 0.5) is 0 Å². The van der Waals surface area contributed by atoms with Crippen LogP contribution in [-0.2, 0) is 0 Å². The van der Waals surface area contributed by atoms with Gasteiger partial charge in [0.15, 0.2) is 0 Å². The van der Waals surface area contributed by atoms with Crippen molar-refractivity contribution in [2.24, 2.45) is 0 Å². The molecule has 0 saturated carbocycles. The molecule has 0 aliphatic carbocycles. The van der Waals surface area contributed by atoms with Gasteiger partial charge in [0.05, 0.1) is 0 Å². The molecule has 0 amide bonds. The Bertz CT molecular complexity index is 391. The summed E-state index contributed by atoms with van der Waals surface area (Å²) in [6.07, 6.45) is 0. The molecule has 0 N–H and O–H groups in total. The molecule has 0 saturated heterocycles. The molecule has 0 aliphatic heterocycles. The molecule has 2 aromatic heterocycles. The molecular formula is C4I4N6. The second-order valence-electron chi connectivity index (χ2n) is 2.10. The zero-order valence-electron chi connectivity index (χ0n) is 6.20. The number of hydrogen-bond donors (Lipinski definition) is 0. The van der Waals surface area contributed by atoms with E-state index in [1.54, 1.807) is 0 Å². The van der Waals surface area contributed by atoms with Gasteiger partial charge in [0.25, 0.3) is 0 Å². The molecule has 0 atom stereocenters. The Balaban J connectivity index is 2.71. The molecule has 0 bridgehead atoms. The average Bonchev–Trinajstić information content (AvgIpc) is 2.60. The van der Waals surface area contributed by atoms with Gasteiger partial charge in [-0.2, -0.15) is 9.35 Å². The van der Waals surface area contributed by atoms with Crippen molar-refractivity contribution in [2.45, 2.75) is 0 Å². The van der Waals surface area contributed by atoms with Crippen molar-refractivity contribution in [3.63, 3.8) is 0 Å². The molecule has 0 fully saturated rings. The topological polar surface area (TPSA) is 61.4 Å². The van der Waals surface area contributed by atoms with Crippen LogP contribution in [0.2, 0.25) is 0 Å². The van der Waals surface area contributed by atoms with Crippen LogP contribution >= 0.6 is 90.4 Å². The van der Waals surface area contributed by atoms with E-state index in [0.717, 1.165) is 15.3 Å². The average molecular weight is 640 g/mol. The third kappa shape index (κ3) is 2.02. The first-order valence-electron chi connectivity index (χ1n) is 3.14. The van der Waals surface area contributed by atoms with Gasteiger partial charge in [0, 0.05) is 90.4 Å². The van der Waals surface area contributed by atoms with Gasteiger partial charge < -0.3 is 0 Å². The maximum absolute atomic E-state index is 3.96. The normalized spacial score (nSPS) is 10.9. The van der Waals surface area contributed by atoms with Crippen LogP contribution in [0, 0.1) is 15.3 Å². The largest absolute Gasteiger partial charge is 0.214 e. The second-order valence-corrected chi connectivity index (χ2v) is 5.96. The Labute approximate surface area is 133 Å². The Morgan fingerprint density at radius 3 is 1.00 bits per heavy atom. The lowest BCUT2D eigenvalue weighted by atomic mass is 11.1. The van der Waals surface area contributed by atoms with Crippen molar-refractivity contribution in [1.29, 1.82) is 0 Å². The molecule has 0 unspecified atom stereocenters. The zero-order chi connectivity index (χ0) is 10.3. The molecule has 0 aromatic carbocycles. The minimum Gasteiger partial charge on any atom is -0.194 e. The lowest BCUT2D eigenvalue weighted by Gasteiger charge is -2.06. The van der Waals surface area contributed by atoms with Crippen molar-refractivity contribution < 1.29 is 0 Å². The first kappa shape index (κ1) is 11.7. The predicted octanol–water partition coefficient (Wildman–Crippen LogP) is 1.60. The molecule has 6 nitrogen and oxygen atoms in total. The minimum atomic E-state index is 0.780. The zero-order valence-corrected chi connectivity index (χ0v) is 14.8. The number of aromatic nitrogens is 6. The van der Waals surface area contributed by atoms with Crippen molar-refractivity contribution in [3.05, 3.63) is 15.3 Å². The van der Waals surface area contributed by atoms with Crippen molar-refractivity contribution in [3.8, 4) is 0 Å². The van der Waals surface area contributed by atoms with E-state index in [0.29, 0.717) is 0 Å². The molecule has 2 aromatic rings. The lowest BCUT2D eigenvalue weighted by molar-refractivity contribution is 0.588. The number of hydrogen-bond acceptors (Lipinski definition) is 4. The predicted molar refractivity (Wildman–Crippen MR) is 81.7 cm³/mol. The van der Waals surface area contributed by atoms with Crippen molar-refractivity contribution in [2.75, 3.05) is 0 Å². The SMILES string of the molecule is Ic1nnc(I)n1-n1c(I)nnc1I. The van der Waals surface area contributed by atoms with Crippen LogP contribution in [0.25, 0.3) is 0 Å². The van der Waals surface area contributed by atoms with E-state index >= 15 is 0 Å². The molecule has 2 heterocycles. The smallest absolute Gasteiger partial charge is 0.194 e. The fourth-order valence-electron chi connectivity index (χ4n) is 0.817. The molecule has 74 valence electrons. The highest BCUT2D eigenvalue weighted by Gasteiger charge is 2.15. The molecule has 2 rings (SSSR count). The summed E-state index contributed by atoms with van der Waals surface area (Å²) in [4.78, 5) is 0. The summed E-state index contributed by atoms with van der Waals surface area (Å²) < 4.78 is 6.82. The van der Waals surface area contributed by atoms with Crippen LogP contribution in [0.5, 0.6) is 0 Å². The van der Waals surface area contributed by atoms with Crippen LogP contribution in [0.1, 0.15) is 0 Å². The molecule has 14 heavy (non-hydrogen) atoms. The van der Waals surface area contributed by atoms with E-state index in [4.69, 9.17) is 0 Å². The summed E-state index contributed by atoms with van der Waals surface area (Å²) in [6, 6.07) is 0. The van der Waals surface area contributed by atoms with E-state index in [1.165, 1.54) is 0 Å². The monoisotopic (exact) mass is 640 g/mol. The van der Waals surface area contributed by atoms with Crippen LogP contribution in [0.3, 0.4) is 0 Å². The number of rotatable bonds is 1. The van der Waals surface area contributed by atoms with E-state index in [2.05, 4.69) is 111 Å². The van der Waals surface area contributed by atoms with Crippen molar-refractivity contribution in [1.82, 2.24) is 29.7 Å². The molecule has 0 spiro atoms. The Morgan fingerprint density at radius 1 is 0.571 bits per heavy atom. The Kier molecular flexibility index (Phi) is 3.83. The fourth-order valence-corrected chi connectivity index (χ4v) is 3.95. The van der Waals surface area contributed by atoms with Gasteiger partial charge in [-0.3, -0.25) is 0 Å². The summed E-state index contributed by atoms with van der Waals surface area (Å²) in [6.45, 7) is 0. The van der Waals surface area contributed by atoms with Gasteiger partial charge in [-0.15, -0.1) is 20.4 Å². The van der Waals surface area contributed by atoms with Gasteiger partial charge in [-0.25, -0.2) is 0 Å². The summed E-state index contributed by atoms with van der Waals surface area (Å²) in [5.74, 6) is 0. The maximum atomic E-state index is 3.96. The molecule has 10 heteroatoms. The highest BCUT2D eigenvalue weighted by Crippen LogP contribution is 2.14. The molecule has 0 aliphatic rings. The number of halogens is 4. The summed E-state index contributed by atoms with van der Waals surface area (Å²) in [5.41, 5.74) is 0. The first-order valence-corrected chi connectivity index (χ1v) is 7.46. The van der Waals surface area contributed by atoms with Gasteiger partial charge in [0.1, 0.15) is 0 Å². The van der Waals surface area contributed by atoms with Gasteiger partial charge >= 0.3 is 0 Å². The fraction of sp³-hybridized carbons (Fsp3) is 0. The summed E-state index contributed by atoms with van der Waals surface area (Å²) >= 11 is 8.47. The van der Waals surface area contributed by atoms with Gasteiger partial charge in [0.2, 0.25) is 15.3 Å². The molecular weight excluding hydrogens is 640 g/mol. The third-order valence-corrected chi connectivity index (χ3v) is 4.02. The van der Waals surface area contributed by atoms with Crippen LogP contribution in [0.15, 0.2) is 0 Å². The van der Waals surface area contributed by atoms with Crippen LogP contribution < -0.4 is 0 Å². The van der Waals surface area contributed by atoms with Gasteiger partial charge in [-0.05, 0) is 0 Å². The van der Waals surface area contributed by atoms with Gasteiger partial charge in [-0.1, -0.05) is 0 Å². The highest BCUT2D eigenvalue weighted by atomic mass is 127. The third-order valence-electron chi connectivity index (χ3n) is 1.33. The highest BCUT2D eigenvalue weighted by molar-refractivity contribution is 14.1. The lowest BCUT2D eigenvalue weighted by Crippen LogP contribution is -2.16. The quantitative estimate of drug-likeness (QED) is 0.446. The number of nitrogens with zero attached hydrogens (tertiary/aromatic N) is 6. The Hall–Kier alpha value is 1.20. The van der Waals surface area contributed by atoms with E-state index in [-0.39, 0.29) is 0 Å². The first-order chi connectivity index (χ1) is 6.61. The Morgan fingerprint density at radius 2 is 0.786 bits per heavy atom. The molecule has 0 radical (unpaired) electrons. The summed E-state index contributed by atoms with van der Waals surface area (Å²) in [5, 5.41) is 15.9. The summed E-state index contributed by atoms with van der Waals surface area (Å²) in [7, 11) is 0. The standard InChI is InChI=1S/C4I4N6/c5-1-9-10-2(6)13(1)14-3(7)11-12-4(14)8. The van der Waals surface area contributed by atoms with Crippen molar-refractivity contribution >= 4 is 90.4 Å². The second kappa shape index (κ2) is 4.60. The van der Waals surface area contributed by atoms with E-state index in [1.807, 2.05) is 9.35 Å². The maximum Gasteiger partial charge on any atom is 0.214 e. The van der Waals surface area contributed by atoms with E-state index in [9.17, 15) is 0 Å². The van der Waals surface area contributed by atoms with Crippen LogP contribution in [-0.4, -0.2) is 29.7 Å².